The molecule has 0 saturated carbocycles. The predicted molar refractivity (Wildman–Crippen MR) is 97.7 cm³/mol. The van der Waals surface area contributed by atoms with Crippen molar-refractivity contribution in [1.29, 1.82) is 0 Å². The van der Waals surface area contributed by atoms with Crippen LogP contribution in [0, 0.1) is 0 Å². The molecule has 0 aliphatic carbocycles. The summed E-state index contributed by atoms with van der Waals surface area (Å²) in [5, 5.41) is 6.50. The highest BCUT2D eigenvalue weighted by Gasteiger charge is 2.16. The smallest absolute Gasteiger partial charge is 0.191 e. The van der Waals surface area contributed by atoms with E-state index in [1.807, 2.05) is 38.1 Å². The van der Waals surface area contributed by atoms with Crippen molar-refractivity contribution in [3.8, 4) is 5.75 Å². The second-order valence-electron chi connectivity index (χ2n) is 5.09. The van der Waals surface area contributed by atoms with E-state index in [0.29, 0.717) is 13.1 Å². The first-order valence-corrected chi connectivity index (χ1v) is 6.63. The molecule has 0 aliphatic heterocycles. The minimum Gasteiger partial charge on any atom is -0.497 e. The lowest BCUT2D eigenvalue weighted by Gasteiger charge is -2.24. The minimum atomic E-state index is -0.229. The highest BCUT2D eigenvalue weighted by atomic mass is 127. The summed E-state index contributed by atoms with van der Waals surface area (Å²) in [6.45, 7) is 5.41. The Morgan fingerprint density at radius 1 is 1.24 bits per heavy atom. The summed E-state index contributed by atoms with van der Waals surface area (Å²) >= 11 is 0. The molecule has 0 radical (unpaired) electrons. The third kappa shape index (κ3) is 7.52. The SMILES string of the molecule is CN=C(NCc1cccc(OC)c1)NCC(C)(C)OC.I. The van der Waals surface area contributed by atoms with Crippen LogP contribution in [-0.4, -0.2) is 39.4 Å². The molecule has 6 heteroatoms. The van der Waals surface area contributed by atoms with Gasteiger partial charge in [-0.3, -0.25) is 4.99 Å². The van der Waals surface area contributed by atoms with E-state index in [9.17, 15) is 0 Å². The monoisotopic (exact) mass is 407 g/mol. The Bertz CT molecular complexity index is 450. The molecular formula is C15H26IN3O2. The number of nitrogens with zero attached hydrogens (tertiary/aromatic N) is 1. The lowest BCUT2D eigenvalue weighted by atomic mass is 10.1. The average molecular weight is 407 g/mol. The molecule has 1 rings (SSSR count). The first-order valence-electron chi connectivity index (χ1n) is 6.63. The summed E-state index contributed by atoms with van der Waals surface area (Å²) in [6, 6.07) is 7.94. The number of hydrogen-bond donors (Lipinski definition) is 2. The maximum Gasteiger partial charge on any atom is 0.191 e. The molecule has 0 spiro atoms. The highest BCUT2D eigenvalue weighted by molar-refractivity contribution is 14.0. The van der Waals surface area contributed by atoms with Gasteiger partial charge in [-0.25, -0.2) is 0 Å². The number of ether oxygens (including phenoxy) is 2. The second kappa shape index (κ2) is 9.83. The molecule has 2 N–H and O–H groups in total. The van der Waals surface area contributed by atoms with Gasteiger partial charge in [-0.1, -0.05) is 12.1 Å². The van der Waals surface area contributed by atoms with Crippen molar-refractivity contribution < 1.29 is 9.47 Å². The van der Waals surface area contributed by atoms with Crippen LogP contribution in [0.15, 0.2) is 29.3 Å². The normalized spacial score (nSPS) is 11.6. The van der Waals surface area contributed by atoms with Gasteiger partial charge in [0.1, 0.15) is 5.75 Å². The molecule has 0 heterocycles. The number of hydrogen-bond acceptors (Lipinski definition) is 3. The van der Waals surface area contributed by atoms with Crippen LogP contribution in [0.4, 0.5) is 0 Å². The Hall–Kier alpha value is -1.02. The van der Waals surface area contributed by atoms with E-state index < -0.39 is 0 Å². The van der Waals surface area contributed by atoms with Gasteiger partial charge in [0.25, 0.3) is 0 Å². The van der Waals surface area contributed by atoms with E-state index in [1.165, 1.54) is 0 Å². The zero-order valence-electron chi connectivity index (χ0n) is 13.4. The molecule has 120 valence electrons. The third-order valence-electron chi connectivity index (χ3n) is 3.05. The first-order chi connectivity index (χ1) is 9.50. The standard InChI is InChI=1S/C15H25N3O2.HI/c1-15(2,20-5)11-18-14(16-3)17-10-12-7-6-8-13(9-12)19-4;/h6-9H,10-11H2,1-5H3,(H2,16,17,18);1H. The summed E-state index contributed by atoms with van der Waals surface area (Å²) in [7, 11) is 5.12. The van der Waals surface area contributed by atoms with Crippen molar-refractivity contribution in [1.82, 2.24) is 10.6 Å². The van der Waals surface area contributed by atoms with Gasteiger partial charge in [0.05, 0.1) is 12.7 Å². The van der Waals surface area contributed by atoms with Crippen molar-refractivity contribution >= 4 is 29.9 Å². The van der Waals surface area contributed by atoms with Crippen LogP contribution >= 0.6 is 24.0 Å². The topological polar surface area (TPSA) is 54.9 Å². The Morgan fingerprint density at radius 3 is 2.52 bits per heavy atom. The summed E-state index contributed by atoms with van der Waals surface area (Å²) in [6.07, 6.45) is 0. The summed E-state index contributed by atoms with van der Waals surface area (Å²) in [5.74, 6) is 1.60. The van der Waals surface area contributed by atoms with Gasteiger partial charge in [-0.05, 0) is 31.5 Å². The molecule has 0 aromatic heterocycles. The second-order valence-corrected chi connectivity index (χ2v) is 5.09. The van der Waals surface area contributed by atoms with Crippen molar-refractivity contribution in [3.05, 3.63) is 29.8 Å². The van der Waals surface area contributed by atoms with Gasteiger partial charge in [0, 0.05) is 27.2 Å². The van der Waals surface area contributed by atoms with Gasteiger partial charge in [-0.15, -0.1) is 24.0 Å². The molecule has 5 nitrogen and oxygen atoms in total. The predicted octanol–water partition coefficient (Wildman–Crippen LogP) is 2.40. The Kier molecular flexibility index (Phi) is 9.36. The molecule has 0 bridgehead atoms. The van der Waals surface area contributed by atoms with Gasteiger partial charge < -0.3 is 20.1 Å². The lowest BCUT2D eigenvalue weighted by molar-refractivity contribution is 0.0268. The molecule has 0 saturated heterocycles. The number of benzene rings is 1. The van der Waals surface area contributed by atoms with E-state index in [2.05, 4.69) is 15.6 Å². The van der Waals surface area contributed by atoms with E-state index in [4.69, 9.17) is 9.47 Å². The summed E-state index contributed by atoms with van der Waals surface area (Å²) < 4.78 is 10.6. The molecule has 0 amide bonds. The van der Waals surface area contributed by atoms with Crippen molar-refractivity contribution in [2.24, 2.45) is 4.99 Å². The molecule has 1 aromatic rings. The number of aliphatic imine (C=N–C) groups is 1. The number of methoxy groups -OCH3 is 2. The van der Waals surface area contributed by atoms with E-state index in [-0.39, 0.29) is 29.6 Å². The average Bonchev–Trinajstić information content (AvgIpc) is 2.47. The number of guanidine groups is 1. The van der Waals surface area contributed by atoms with E-state index in [0.717, 1.165) is 17.3 Å². The van der Waals surface area contributed by atoms with Crippen LogP contribution in [0.3, 0.4) is 0 Å². The summed E-state index contributed by atoms with van der Waals surface area (Å²) in [5.41, 5.74) is 0.909. The van der Waals surface area contributed by atoms with Crippen LogP contribution in [-0.2, 0) is 11.3 Å². The zero-order valence-corrected chi connectivity index (χ0v) is 15.7. The Balaban J connectivity index is 0.00000400. The van der Waals surface area contributed by atoms with Crippen molar-refractivity contribution in [3.63, 3.8) is 0 Å². The van der Waals surface area contributed by atoms with Gasteiger partial charge in [0.15, 0.2) is 5.96 Å². The molecule has 0 aliphatic rings. The van der Waals surface area contributed by atoms with Crippen LogP contribution < -0.4 is 15.4 Å². The maximum absolute atomic E-state index is 5.36. The van der Waals surface area contributed by atoms with Crippen LogP contribution in [0.2, 0.25) is 0 Å². The Morgan fingerprint density at radius 2 is 1.95 bits per heavy atom. The number of halogens is 1. The van der Waals surface area contributed by atoms with Crippen LogP contribution in [0.5, 0.6) is 5.75 Å². The van der Waals surface area contributed by atoms with Crippen molar-refractivity contribution in [2.45, 2.75) is 26.0 Å². The largest absolute Gasteiger partial charge is 0.497 e. The van der Waals surface area contributed by atoms with E-state index >= 15 is 0 Å². The first kappa shape index (κ1) is 20.0. The zero-order chi connectivity index (χ0) is 15.0. The molecule has 0 fully saturated rings. The minimum absolute atomic E-state index is 0. The molecule has 21 heavy (non-hydrogen) atoms. The van der Waals surface area contributed by atoms with Gasteiger partial charge >= 0.3 is 0 Å². The maximum atomic E-state index is 5.36. The van der Waals surface area contributed by atoms with E-state index in [1.54, 1.807) is 21.3 Å². The van der Waals surface area contributed by atoms with Crippen LogP contribution in [0.1, 0.15) is 19.4 Å². The van der Waals surface area contributed by atoms with Crippen molar-refractivity contribution in [2.75, 3.05) is 27.8 Å². The molecule has 0 atom stereocenters. The van der Waals surface area contributed by atoms with Gasteiger partial charge in [-0.2, -0.15) is 0 Å². The third-order valence-corrected chi connectivity index (χ3v) is 3.05. The fraction of sp³-hybridized carbons (Fsp3) is 0.533. The molecular weight excluding hydrogens is 381 g/mol. The fourth-order valence-electron chi connectivity index (χ4n) is 1.56. The molecule has 0 unspecified atom stereocenters. The van der Waals surface area contributed by atoms with Gasteiger partial charge in [0.2, 0.25) is 0 Å². The number of rotatable bonds is 6. The highest BCUT2D eigenvalue weighted by Crippen LogP contribution is 2.12. The van der Waals surface area contributed by atoms with Crippen LogP contribution in [0.25, 0.3) is 0 Å². The Labute approximate surface area is 144 Å². The molecule has 1 aromatic carbocycles. The quantitative estimate of drug-likeness (QED) is 0.432. The lowest BCUT2D eigenvalue weighted by Crippen LogP contribution is -2.45. The fourth-order valence-corrected chi connectivity index (χ4v) is 1.56. The summed E-state index contributed by atoms with van der Waals surface area (Å²) in [4.78, 5) is 4.19. The number of nitrogens with one attached hydrogen (secondary N) is 2.